The number of hydrogen-bond donors (Lipinski definition) is 1. The molecular weight excluding hydrogens is 272 g/mol. The SMILES string of the molecule is CCOC(=O)CC=Cc1ccc(OC)c(/C=C/C(=O)O)c1. The number of carbonyl (C=O) groups is 2. The molecule has 0 spiro atoms. The molecule has 0 heterocycles. The molecule has 0 bridgehead atoms. The smallest absolute Gasteiger partial charge is 0.328 e. The molecule has 0 aliphatic rings. The van der Waals surface area contributed by atoms with Gasteiger partial charge in [0.25, 0.3) is 0 Å². The quantitative estimate of drug-likeness (QED) is 0.617. The van der Waals surface area contributed by atoms with Gasteiger partial charge in [-0.2, -0.15) is 0 Å². The van der Waals surface area contributed by atoms with Gasteiger partial charge in [0, 0.05) is 11.6 Å². The van der Waals surface area contributed by atoms with Crippen LogP contribution in [0.1, 0.15) is 24.5 Å². The highest BCUT2D eigenvalue weighted by Gasteiger charge is 2.02. The zero-order valence-corrected chi connectivity index (χ0v) is 12.0. The second-order valence-corrected chi connectivity index (χ2v) is 4.08. The van der Waals surface area contributed by atoms with Crippen LogP contribution < -0.4 is 4.74 Å². The number of hydrogen-bond acceptors (Lipinski definition) is 4. The van der Waals surface area contributed by atoms with Crippen molar-refractivity contribution in [1.29, 1.82) is 0 Å². The van der Waals surface area contributed by atoms with E-state index in [4.69, 9.17) is 14.6 Å². The van der Waals surface area contributed by atoms with Crippen LogP contribution in [0, 0.1) is 0 Å². The molecule has 1 aromatic carbocycles. The standard InChI is InChI=1S/C16H18O5/c1-3-21-16(19)6-4-5-12-7-9-14(20-2)13(11-12)8-10-15(17)18/h4-5,7-11H,3,6H2,1-2H3,(H,17,18)/b5-4?,10-8+. The summed E-state index contributed by atoms with van der Waals surface area (Å²) in [5.41, 5.74) is 1.49. The number of carboxylic acid groups (broad SMARTS) is 1. The molecule has 0 aromatic heterocycles. The van der Waals surface area contributed by atoms with Gasteiger partial charge in [0.2, 0.25) is 0 Å². The van der Waals surface area contributed by atoms with Crippen LogP contribution in [-0.2, 0) is 14.3 Å². The second-order valence-electron chi connectivity index (χ2n) is 4.08. The maximum atomic E-state index is 11.2. The van der Waals surface area contributed by atoms with Crippen LogP contribution in [0.5, 0.6) is 5.75 Å². The van der Waals surface area contributed by atoms with E-state index in [1.54, 1.807) is 31.2 Å². The summed E-state index contributed by atoms with van der Waals surface area (Å²) in [6.07, 6.45) is 6.17. The first-order valence-corrected chi connectivity index (χ1v) is 6.48. The van der Waals surface area contributed by atoms with Crippen molar-refractivity contribution in [2.45, 2.75) is 13.3 Å². The summed E-state index contributed by atoms with van der Waals surface area (Å²) in [6, 6.07) is 5.34. The van der Waals surface area contributed by atoms with Crippen LogP contribution in [0.15, 0.2) is 30.4 Å². The average molecular weight is 290 g/mol. The molecule has 0 atom stereocenters. The molecule has 0 saturated heterocycles. The first-order chi connectivity index (χ1) is 10.1. The fourth-order valence-corrected chi connectivity index (χ4v) is 1.66. The van der Waals surface area contributed by atoms with Gasteiger partial charge in [0.15, 0.2) is 0 Å². The number of carboxylic acids is 1. The molecular formula is C16H18O5. The third-order valence-corrected chi connectivity index (χ3v) is 2.56. The Morgan fingerprint density at radius 2 is 2.05 bits per heavy atom. The minimum absolute atomic E-state index is 0.195. The first-order valence-electron chi connectivity index (χ1n) is 6.48. The second kappa shape index (κ2) is 8.58. The third kappa shape index (κ3) is 5.95. The molecule has 5 nitrogen and oxygen atoms in total. The Morgan fingerprint density at radius 3 is 2.67 bits per heavy atom. The lowest BCUT2D eigenvalue weighted by atomic mass is 10.1. The van der Waals surface area contributed by atoms with E-state index in [1.807, 2.05) is 6.07 Å². The van der Waals surface area contributed by atoms with Gasteiger partial charge >= 0.3 is 11.9 Å². The van der Waals surface area contributed by atoms with Gasteiger partial charge in [-0.15, -0.1) is 0 Å². The molecule has 112 valence electrons. The van der Waals surface area contributed by atoms with E-state index in [1.165, 1.54) is 13.2 Å². The van der Waals surface area contributed by atoms with Crippen LogP contribution in [0.3, 0.4) is 0 Å². The van der Waals surface area contributed by atoms with E-state index in [0.29, 0.717) is 17.9 Å². The Bertz CT molecular complexity index is 558. The number of benzene rings is 1. The monoisotopic (exact) mass is 290 g/mol. The Hall–Kier alpha value is -2.56. The maximum Gasteiger partial charge on any atom is 0.328 e. The third-order valence-electron chi connectivity index (χ3n) is 2.56. The fourth-order valence-electron chi connectivity index (χ4n) is 1.66. The van der Waals surface area contributed by atoms with Crippen molar-refractivity contribution >= 4 is 24.1 Å². The van der Waals surface area contributed by atoms with E-state index in [2.05, 4.69) is 0 Å². The molecule has 1 N–H and O–H groups in total. The molecule has 5 heteroatoms. The maximum absolute atomic E-state index is 11.2. The van der Waals surface area contributed by atoms with Crippen LogP contribution in [0.2, 0.25) is 0 Å². The highest BCUT2D eigenvalue weighted by atomic mass is 16.5. The predicted molar refractivity (Wildman–Crippen MR) is 79.9 cm³/mol. The average Bonchev–Trinajstić information content (AvgIpc) is 2.45. The zero-order valence-electron chi connectivity index (χ0n) is 12.0. The van der Waals surface area contributed by atoms with Crippen LogP contribution in [0.25, 0.3) is 12.2 Å². The van der Waals surface area contributed by atoms with E-state index < -0.39 is 5.97 Å². The van der Waals surface area contributed by atoms with Gasteiger partial charge < -0.3 is 14.6 Å². The van der Waals surface area contributed by atoms with Crippen molar-refractivity contribution in [3.8, 4) is 5.75 Å². The van der Waals surface area contributed by atoms with Gasteiger partial charge in [-0.1, -0.05) is 18.2 Å². The summed E-state index contributed by atoms with van der Waals surface area (Å²) < 4.78 is 9.98. The molecule has 0 saturated carbocycles. The molecule has 0 radical (unpaired) electrons. The Morgan fingerprint density at radius 1 is 1.29 bits per heavy atom. The number of rotatable bonds is 7. The molecule has 0 fully saturated rings. The molecule has 0 aliphatic carbocycles. The Labute approximate surface area is 123 Å². The lowest BCUT2D eigenvalue weighted by molar-refractivity contribution is -0.142. The van der Waals surface area contributed by atoms with Crippen LogP contribution >= 0.6 is 0 Å². The number of methoxy groups -OCH3 is 1. The van der Waals surface area contributed by atoms with Crippen molar-refractivity contribution in [2.75, 3.05) is 13.7 Å². The van der Waals surface area contributed by atoms with Crippen molar-refractivity contribution in [1.82, 2.24) is 0 Å². The molecule has 0 aliphatic heterocycles. The fraction of sp³-hybridized carbons (Fsp3) is 0.250. The van der Waals surface area contributed by atoms with E-state index in [0.717, 1.165) is 11.6 Å². The summed E-state index contributed by atoms with van der Waals surface area (Å²) in [5, 5.41) is 8.67. The highest BCUT2D eigenvalue weighted by Crippen LogP contribution is 2.22. The molecule has 0 amide bonds. The molecule has 1 aromatic rings. The van der Waals surface area contributed by atoms with E-state index in [-0.39, 0.29) is 12.4 Å². The van der Waals surface area contributed by atoms with Crippen molar-refractivity contribution in [3.05, 3.63) is 41.5 Å². The highest BCUT2D eigenvalue weighted by molar-refractivity contribution is 5.86. The topological polar surface area (TPSA) is 72.8 Å². The van der Waals surface area contributed by atoms with Crippen molar-refractivity contribution in [2.24, 2.45) is 0 Å². The summed E-state index contributed by atoms with van der Waals surface area (Å²) in [6.45, 7) is 2.12. The molecule has 0 unspecified atom stereocenters. The molecule has 1 rings (SSSR count). The summed E-state index contributed by atoms with van der Waals surface area (Å²) in [4.78, 5) is 21.8. The lowest BCUT2D eigenvalue weighted by Gasteiger charge is -2.05. The van der Waals surface area contributed by atoms with Crippen molar-refractivity contribution < 1.29 is 24.2 Å². The van der Waals surface area contributed by atoms with E-state index >= 15 is 0 Å². The predicted octanol–water partition coefficient (Wildman–Crippen LogP) is 2.76. The lowest BCUT2D eigenvalue weighted by Crippen LogP contribution is -2.01. The number of ether oxygens (including phenoxy) is 2. The van der Waals surface area contributed by atoms with Gasteiger partial charge in [-0.25, -0.2) is 4.79 Å². The van der Waals surface area contributed by atoms with Crippen LogP contribution in [0.4, 0.5) is 0 Å². The minimum Gasteiger partial charge on any atom is -0.496 e. The summed E-state index contributed by atoms with van der Waals surface area (Å²) >= 11 is 0. The number of aliphatic carboxylic acids is 1. The normalized spacial score (nSPS) is 11.0. The minimum atomic E-state index is -1.03. The van der Waals surface area contributed by atoms with Gasteiger partial charge in [-0.3, -0.25) is 4.79 Å². The Balaban J connectivity index is 2.84. The summed E-state index contributed by atoms with van der Waals surface area (Å²) in [5.74, 6) is -0.733. The Kier molecular flexibility index (Phi) is 6.74. The van der Waals surface area contributed by atoms with Gasteiger partial charge in [0.1, 0.15) is 5.75 Å². The number of esters is 1. The van der Waals surface area contributed by atoms with Crippen LogP contribution in [-0.4, -0.2) is 30.8 Å². The van der Waals surface area contributed by atoms with Gasteiger partial charge in [-0.05, 0) is 30.7 Å². The van der Waals surface area contributed by atoms with Gasteiger partial charge in [0.05, 0.1) is 20.1 Å². The molecule has 21 heavy (non-hydrogen) atoms. The van der Waals surface area contributed by atoms with E-state index in [9.17, 15) is 9.59 Å². The largest absolute Gasteiger partial charge is 0.496 e. The zero-order chi connectivity index (χ0) is 15.7. The summed E-state index contributed by atoms with van der Waals surface area (Å²) in [7, 11) is 1.52. The first kappa shape index (κ1) is 16.5. The number of carbonyl (C=O) groups excluding carboxylic acids is 1. The van der Waals surface area contributed by atoms with Crippen molar-refractivity contribution in [3.63, 3.8) is 0 Å².